The summed E-state index contributed by atoms with van der Waals surface area (Å²) in [5, 5.41) is 2.61. The lowest BCUT2D eigenvalue weighted by atomic mass is 10.1. The van der Waals surface area contributed by atoms with Crippen LogP contribution in [0.3, 0.4) is 0 Å². The number of benzene rings is 1. The van der Waals surface area contributed by atoms with E-state index < -0.39 is 12.1 Å². The Morgan fingerprint density at radius 2 is 1.83 bits per heavy atom. The lowest BCUT2D eigenvalue weighted by Crippen LogP contribution is -2.35. The van der Waals surface area contributed by atoms with Crippen LogP contribution < -0.4 is 14.8 Å². The first-order valence-electron chi connectivity index (χ1n) is 7.69. The van der Waals surface area contributed by atoms with Gasteiger partial charge in [-0.3, -0.25) is 9.59 Å². The number of aryl methyl sites for hydroxylation is 1. The highest BCUT2D eigenvalue weighted by atomic mass is 32.2. The van der Waals surface area contributed by atoms with Crippen LogP contribution in [0, 0.1) is 6.92 Å². The minimum atomic E-state index is -0.777. The van der Waals surface area contributed by atoms with E-state index in [4.69, 9.17) is 14.2 Å². The minimum absolute atomic E-state index is 0.178. The average molecular weight is 355 g/mol. The molecule has 0 aliphatic carbocycles. The molecule has 24 heavy (non-hydrogen) atoms. The lowest BCUT2D eigenvalue weighted by molar-refractivity contribution is -0.152. The number of carbonyl (C=O) groups is 2. The summed E-state index contributed by atoms with van der Waals surface area (Å²) in [4.78, 5) is 23.3. The maximum Gasteiger partial charge on any atom is 0.316 e. The summed E-state index contributed by atoms with van der Waals surface area (Å²) in [5.41, 5.74) is 2.12. The highest BCUT2D eigenvalue weighted by molar-refractivity contribution is 7.99. The van der Waals surface area contributed by atoms with Crippen molar-refractivity contribution >= 4 is 23.6 Å². The number of rotatable bonds is 9. The Balaban J connectivity index is 2.52. The number of hydrogen-bond acceptors (Lipinski definition) is 6. The second-order valence-corrected chi connectivity index (χ2v) is 6.14. The van der Waals surface area contributed by atoms with Gasteiger partial charge in [-0.1, -0.05) is 0 Å². The lowest BCUT2D eigenvalue weighted by Gasteiger charge is -2.14. The van der Waals surface area contributed by atoms with Crippen LogP contribution in [0.2, 0.25) is 0 Å². The number of esters is 1. The van der Waals surface area contributed by atoms with E-state index in [1.54, 1.807) is 21.1 Å². The molecule has 0 aliphatic rings. The van der Waals surface area contributed by atoms with Crippen molar-refractivity contribution in [1.82, 2.24) is 5.32 Å². The van der Waals surface area contributed by atoms with Crippen LogP contribution in [0.5, 0.6) is 11.5 Å². The van der Waals surface area contributed by atoms with Gasteiger partial charge in [0.15, 0.2) is 17.6 Å². The minimum Gasteiger partial charge on any atom is -0.493 e. The number of methoxy groups -OCH3 is 2. The molecule has 0 spiro atoms. The van der Waals surface area contributed by atoms with Crippen LogP contribution in [0.15, 0.2) is 12.1 Å². The number of amides is 1. The summed E-state index contributed by atoms with van der Waals surface area (Å²) < 4.78 is 15.6. The second-order valence-electron chi connectivity index (χ2n) is 5.15. The van der Waals surface area contributed by atoms with Crippen molar-refractivity contribution in [3.8, 4) is 11.5 Å². The monoisotopic (exact) mass is 355 g/mol. The van der Waals surface area contributed by atoms with Crippen LogP contribution >= 0.6 is 11.8 Å². The van der Waals surface area contributed by atoms with Gasteiger partial charge >= 0.3 is 5.97 Å². The zero-order valence-corrected chi connectivity index (χ0v) is 15.6. The zero-order valence-electron chi connectivity index (χ0n) is 14.8. The maximum atomic E-state index is 11.8. The number of carbonyl (C=O) groups excluding carboxylic acids is 2. The van der Waals surface area contributed by atoms with Crippen molar-refractivity contribution < 1.29 is 23.8 Å². The van der Waals surface area contributed by atoms with Crippen LogP contribution in [-0.4, -0.2) is 44.5 Å². The molecule has 1 amide bonds. The molecule has 0 fully saturated rings. The van der Waals surface area contributed by atoms with Gasteiger partial charge in [-0.2, -0.15) is 0 Å². The molecule has 1 aromatic rings. The molecular weight excluding hydrogens is 330 g/mol. The van der Waals surface area contributed by atoms with Crippen LogP contribution in [0.4, 0.5) is 0 Å². The van der Waals surface area contributed by atoms with E-state index in [0.29, 0.717) is 23.8 Å². The molecular formula is C17H25NO5S. The third kappa shape index (κ3) is 5.96. The summed E-state index contributed by atoms with van der Waals surface area (Å²) in [7, 11) is 3.18. The summed E-state index contributed by atoms with van der Waals surface area (Å²) in [6.45, 7) is 5.86. The summed E-state index contributed by atoms with van der Waals surface area (Å²) in [6.07, 6.45) is -0.777. The van der Waals surface area contributed by atoms with Gasteiger partial charge in [0.1, 0.15) is 0 Å². The molecule has 134 valence electrons. The molecule has 6 nitrogen and oxygen atoms in total. The Bertz CT molecular complexity index is 576. The van der Waals surface area contributed by atoms with Crippen molar-refractivity contribution in [1.29, 1.82) is 0 Å². The molecule has 1 rings (SSSR count). The zero-order chi connectivity index (χ0) is 18.1. The van der Waals surface area contributed by atoms with Crippen molar-refractivity contribution in [3.05, 3.63) is 23.3 Å². The van der Waals surface area contributed by atoms with Crippen molar-refractivity contribution in [3.63, 3.8) is 0 Å². The third-order valence-electron chi connectivity index (χ3n) is 3.35. The molecule has 1 N–H and O–H groups in total. The van der Waals surface area contributed by atoms with E-state index in [1.165, 1.54) is 11.8 Å². The third-order valence-corrected chi connectivity index (χ3v) is 4.30. The molecule has 0 bridgehead atoms. The molecule has 1 aromatic carbocycles. The Labute approximate surface area is 147 Å². The van der Waals surface area contributed by atoms with Gasteiger partial charge in [0.2, 0.25) is 0 Å². The Hall–Kier alpha value is -1.89. The molecule has 0 unspecified atom stereocenters. The van der Waals surface area contributed by atoms with E-state index in [-0.39, 0.29) is 11.7 Å². The average Bonchev–Trinajstić information content (AvgIpc) is 2.55. The standard InChI is InChI=1S/C17H25NO5S/c1-6-18-17(20)12(3)23-16(19)10-24-9-13-8-15(22-5)14(21-4)7-11(13)2/h7-8,12H,6,9-10H2,1-5H3,(H,18,20)/t12-/m0/s1. The molecule has 0 saturated heterocycles. The van der Waals surface area contributed by atoms with E-state index >= 15 is 0 Å². The molecule has 0 heterocycles. The van der Waals surface area contributed by atoms with E-state index in [0.717, 1.165) is 11.1 Å². The molecule has 7 heteroatoms. The van der Waals surface area contributed by atoms with Crippen molar-refractivity contribution in [2.45, 2.75) is 32.6 Å². The maximum absolute atomic E-state index is 11.8. The number of likely N-dealkylation sites (N-methyl/N-ethyl adjacent to an activating group) is 1. The first-order valence-corrected chi connectivity index (χ1v) is 8.84. The highest BCUT2D eigenvalue weighted by Gasteiger charge is 2.17. The number of nitrogens with one attached hydrogen (secondary N) is 1. The first kappa shape index (κ1) is 20.2. The number of thioether (sulfide) groups is 1. The van der Waals surface area contributed by atoms with Gasteiger partial charge in [-0.15, -0.1) is 11.8 Å². The number of hydrogen-bond donors (Lipinski definition) is 1. The molecule has 0 aliphatic heterocycles. The van der Waals surface area contributed by atoms with Crippen LogP contribution in [0.25, 0.3) is 0 Å². The van der Waals surface area contributed by atoms with Crippen molar-refractivity contribution in [2.24, 2.45) is 0 Å². The van der Waals surface area contributed by atoms with Crippen LogP contribution in [-0.2, 0) is 20.1 Å². The van der Waals surface area contributed by atoms with Gasteiger partial charge in [0, 0.05) is 12.3 Å². The van der Waals surface area contributed by atoms with Gasteiger partial charge < -0.3 is 19.5 Å². The molecule has 0 aromatic heterocycles. The molecule has 0 saturated carbocycles. The predicted octanol–water partition coefficient (Wildman–Crippen LogP) is 2.31. The van der Waals surface area contributed by atoms with E-state index in [2.05, 4.69) is 5.32 Å². The predicted molar refractivity (Wildman–Crippen MR) is 94.7 cm³/mol. The van der Waals surface area contributed by atoms with E-state index in [1.807, 2.05) is 26.0 Å². The smallest absolute Gasteiger partial charge is 0.316 e. The number of ether oxygens (including phenoxy) is 3. The normalized spacial score (nSPS) is 11.5. The topological polar surface area (TPSA) is 73.9 Å². The SMILES string of the molecule is CCNC(=O)[C@H](C)OC(=O)CSCc1cc(OC)c(OC)cc1C. The van der Waals surface area contributed by atoms with Crippen molar-refractivity contribution in [2.75, 3.05) is 26.5 Å². The van der Waals surface area contributed by atoms with Gasteiger partial charge in [0.05, 0.1) is 20.0 Å². The van der Waals surface area contributed by atoms with Crippen LogP contribution in [0.1, 0.15) is 25.0 Å². The summed E-state index contributed by atoms with van der Waals surface area (Å²) in [6, 6.07) is 3.81. The second kappa shape index (κ2) is 10.1. The quantitative estimate of drug-likeness (QED) is 0.685. The van der Waals surface area contributed by atoms with Gasteiger partial charge in [-0.25, -0.2) is 0 Å². The summed E-state index contributed by atoms with van der Waals surface area (Å²) in [5.74, 6) is 1.46. The molecule has 0 radical (unpaired) electrons. The van der Waals surface area contributed by atoms with Gasteiger partial charge in [-0.05, 0) is 44.0 Å². The first-order chi connectivity index (χ1) is 11.4. The fraction of sp³-hybridized carbons (Fsp3) is 0.529. The highest BCUT2D eigenvalue weighted by Crippen LogP contribution is 2.31. The summed E-state index contributed by atoms with van der Waals surface area (Å²) >= 11 is 1.43. The Kier molecular flexibility index (Phi) is 8.46. The van der Waals surface area contributed by atoms with E-state index in [9.17, 15) is 9.59 Å². The largest absolute Gasteiger partial charge is 0.493 e. The fourth-order valence-corrected chi connectivity index (χ4v) is 2.89. The fourth-order valence-electron chi connectivity index (χ4n) is 2.03. The molecule has 1 atom stereocenters. The van der Waals surface area contributed by atoms with Gasteiger partial charge in [0.25, 0.3) is 5.91 Å². The Morgan fingerprint density at radius 1 is 1.21 bits per heavy atom. The Morgan fingerprint density at radius 3 is 2.42 bits per heavy atom.